The third kappa shape index (κ3) is 3.00. The van der Waals surface area contributed by atoms with E-state index in [0.29, 0.717) is 0 Å². The molecule has 0 unspecified atom stereocenters. The Morgan fingerprint density at radius 3 is 2.57 bits per heavy atom. The Labute approximate surface area is 213 Å². The number of ketones is 1. The minimum absolute atomic E-state index is 0.0256. The molecule has 2 aliphatic heterocycles. The molecule has 0 radical (unpaired) electrons. The predicted octanol–water partition coefficient (Wildman–Crippen LogP) is 2.24. The third-order valence-corrected chi connectivity index (χ3v) is 10.2. The first-order chi connectivity index (χ1) is 17.2. The lowest BCUT2D eigenvalue weighted by molar-refractivity contribution is -0.249. The van der Waals surface area contributed by atoms with Crippen molar-refractivity contribution in [3.63, 3.8) is 0 Å². The molecule has 2 heterocycles. The van der Waals surface area contributed by atoms with Crippen LogP contribution < -0.4 is 5.32 Å². The van der Waals surface area contributed by atoms with E-state index in [9.17, 15) is 19.5 Å². The number of amides is 1. The van der Waals surface area contributed by atoms with E-state index in [0.717, 1.165) is 6.08 Å². The monoisotopic (exact) mass is 521 g/mol. The molecule has 0 aromatic carbocycles. The van der Waals surface area contributed by atoms with Crippen LogP contribution in [0.5, 0.6) is 0 Å². The maximum Gasteiger partial charge on any atom is 0.308 e. The Morgan fingerprint density at radius 2 is 1.89 bits per heavy atom. The van der Waals surface area contributed by atoms with Gasteiger partial charge in [-0.2, -0.15) is 0 Å². The molecule has 3 saturated carbocycles. The van der Waals surface area contributed by atoms with Gasteiger partial charge in [-0.25, -0.2) is 8.78 Å². The topological polar surface area (TPSA) is 111 Å². The van der Waals surface area contributed by atoms with Crippen molar-refractivity contribution in [1.29, 1.82) is 0 Å². The number of fused-ring (bicyclic) bond motifs is 7. The van der Waals surface area contributed by atoms with Crippen molar-refractivity contribution < 1.29 is 42.5 Å². The lowest BCUT2D eigenvalue weighted by Crippen LogP contribution is -2.71. The number of aliphatic hydroxyl groups is 1. The summed E-state index contributed by atoms with van der Waals surface area (Å²) in [4.78, 5) is 37.7. The van der Waals surface area contributed by atoms with Crippen LogP contribution in [0.15, 0.2) is 23.8 Å². The number of cyclic esters (lactones) is 1. The standard InChI is InChI=1S/C27H33F2NO7/c1-23(2)36-20-10-15-16-9-18(28)17-8-14(31)5-6-24(17,3)26(16,29)19(32)11-25(15,4)27(20,37-23)22(34)30-13-7-21(33)35-12-13/h5-6,8,13,15-16,18-20,32H,7,9-12H2,1-4H3,(H,30,34)/t13-,15-,16-,18-,19-,20+,24-,25-,26-,27-/m0/s1. The Bertz CT molecular complexity index is 1150. The molecule has 0 aromatic rings. The van der Waals surface area contributed by atoms with E-state index in [1.807, 2.05) is 0 Å². The van der Waals surface area contributed by atoms with Crippen molar-refractivity contribution in [2.24, 2.45) is 22.7 Å². The fourth-order valence-corrected chi connectivity index (χ4v) is 8.60. The number of esters is 1. The van der Waals surface area contributed by atoms with Gasteiger partial charge in [0.25, 0.3) is 5.91 Å². The van der Waals surface area contributed by atoms with Crippen LogP contribution in [0.2, 0.25) is 0 Å². The number of nitrogens with one attached hydrogen (secondary N) is 1. The smallest absolute Gasteiger partial charge is 0.308 e. The molecular formula is C27H33F2NO7. The molecule has 202 valence electrons. The van der Waals surface area contributed by atoms with E-state index in [-0.39, 0.29) is 37.9 Å². The SMILES string of the molecule is CC1(C)O[C@@H]2C[C@H]3[C@@H]4C[C@H](F)C5=CC(=O)C=C[C@]5(C)[C@@]4(F)[C@@H](O)C[C@]3(C)[C@]2(C(=O)N[C@@H]2COC(=O)C2)O1. The number of hydrogen-bond donors (Lipinski definition) is 2. The number of rotatable bonds is 2. The van der Waals surface area contributed by atoms with Crippen molar-refractivity contribution in [1.82, 2.24) is 5.32 Å². The first-order valence-electron chi connectivity index (χ1n) is 13.0. The van der Waals surface area contributed by atoms with Crippen LogP contribution in [0.3, 0.4) is 0 Å². The van der Waals surface area contributed by atoms with Gasteiger partial charge in [0.05, 0.1) is 24.7 Å². The van der Waals surface area contributed by atoms with E-state index in [1.54, 1.807) is 20.8 Å². The van der Waals surface area contributed by atoms with Crippen molar-refractivity contribution in [3.05, 3.63) is 23.8 Å². The van der Waals surface area contributed by atoms with Crippen LogP contribution in [0.25, 0.3) is 0 Å². The first-order valence-corrected chi connectivity index (χ1v) is 13.0. The van der Waals surface area contributed by atoms with Crippen molar-refractivity contribution in [2.45, 2.75) is 94.9 Å². The molecule has 2 saturated heterocycles. The highest BCUT2D eigenvalue weighted by atomic mass is 19.1. The highest BCUT2D eigenvalue weighted by Gasteiger charge is 2.81. The van der Waals surface area contributed by atoms with Gasteiger partial charge in [0, 0.05) is 16.7 Å². The lowest BCUT2D eigenvalue weighted by Gasteiger charge is -2.63. The van der Waals surface area contributed by atoms with Crippen LogP contribution in [0.1, 0.15) is 53.4 Å². The first kappa shape index (κ1) is 25.1. The van der Waals surface area contributed by atoms with Crippen LogP contribution >= 0.6 is 0 Å². The summed E-state index contributed by atoms with van der Waals surface area (Å²) < 4.78 is 50.7. The van der Waals surface area contributed by atoms with E-state index < -0.39 is 81.8 Å². The summed E-state index contributed by atoms with van der Waals surface area (Å²) in [6.07, 6.45) is -0.225. The van der Waals surface area contributed by atoms with E-state index >= 15 is 8.78 Å². The van der Waals surface area contributed by atoms with Crippen molar-refractivity contribution >= 4 is 17.7 Å². The van der Waals surface area contributed by atoms with Gasteiger partial charge in [-0.15, -0.1) is 0 Å². The Morgan fingerprint density at radius 1 is 1.16 bits per heavy atom. The van der Waals surface area contributed by atoms with Gasteiger partial charge in [-0.05, 0) is 63.7 Å². The predicted molar refractivity (Wildman–Crippen MR) is 124 cm³/mol. The number of carbonyl (C=O) groups is 3. The summed E-state index contributed by atoms with van der Waals surface area (Å²) in [6.45, 7) is 6.76. The molecule has 1 amide bonds. The zero-order chi connectivity index (χ0) is 26.8. The number of carbonyl (C=O) groups excluding carboxylic acids is 3. The molecule has 4 aliphatic carbocycles. The fraction of sp³-hybridized carbons (Fsp3) is 0.741. The average Bonchev–Trinajstić information content (AvgIpc) is 3.41. The Balaban J connectivity index is 1.43. The molecule has 0 aromatic heterocycles. The van der Waals surface area contributed by atoms with Gasteiger partial charge in [0.2, 0.25) is 0 Å². The minimum Gasteiger partial charge on any atom is -0.463 e. The molecule has 10 heteroatoms. The van der Waals surface area contributed by atoms with E-state index in [2.05, 4.69) is 5.32 Å². The summed E-state index contributed by atoms with van der Waals surface area (Å²) in [5, 5.41) is 14.4. The third-order valence-electron chi connectivity index (χ3n) is 10.2. The molecule has 6 aliphatic rings. The quantitative estimate of drug-likeness (QED) is 0.536. The van der Waals surface area contributed by atoms with Crippen molar-refractivity contribution in [2.75, 3.05) is 6.61 Å². The molecule has 6 rings (SSSR count). The zero-order valence-electron chi connectivity index (χ0n) is 21.4. The van der Waals surface area contributed by atoms with Crippen LogP contribution in [0.4, 0.5) is 8.78 Å². The number of halogens is 2. The Kier molecular flexibility index (Phi) is 5.08. The van der Waals surface area contributed by atoms with Crippen molar-refractivity contribution in [3.8, 4) is 0 Å². The van der Waals surface area contributed by atoms with Gasteiger partial charge in [-0.1, -0.05) is 13.0 Å². The summed E-state index contributed by atoms with van der Waals surface area (Å²) in [7, 11) is 0. The Hall–Kier alpha value is -2.17. The largest absolute Gasteiger partial charge is 0.463 e. The molecular weight excluding hydrogens is 488 g/mol. The zero-order valence-corrected chi connectivity index (χ0v) is 21.4. The number of aliphatic hydroxyl groups excluding tert-OH is 1. The van der Waals surface area contributed by atoms with Crippen LogP contribution in [-0.2, 0) is 28.6 Å². The van der Waals surface area contributed by atoms with Gasteiger partial charge in [-0.3, -0.25) is 14.4 Å². The second-order valence-corrected chi connectivity index (χ2v) is 12.5. The molecule has 2 N–H and O–H groups in total. The van der Waals surface area contributed by atoms with Gasteiger partial charge >= 0.3 is 5.97 Å². The molecule has 10 atom stereocenters. The van der Waals surface area contributed by atoms with E-state index in [1.165, 1.54) is 19.1 Å². The minimum atomic E-state index is -2.26. The second-order valence-electron chi connectivity index (χ2n) is 12.5. The molecule has 37 heavy (non-hydrogen) atoms. The van der Waals surface area contributed by atoms with Gasteiger partial charge in [0.15, 0.2) is 22.8 Å². The molecule has 8 nitrogen and oxygen atoms in total. The molecule has 0 spiro atoms. The number of ether oxygens (including phenoxy) is 3. The fourth-order valence-electron chi connectivity index (χ4n) is 8.60. The van der Waals surface area contributed by atoms with Gasteiger partial charge < -0.3 is 24.6 Å². The lowest BCUT2D eigenvalue weighted by atomic mass is 9.44. The van der Waals surface area contributed by atoms with Crippen LogP contribution in [0, 0.1) is 22.7 Å². The number of hydrogen-bond acceptors (Lipinski definition) is 7. The molecule has 0 bridgehead atoms. The summed E-state index contributed by atoms with van der Waals surface area (Å²) >= 11 is 0. The van der Waals surface area contributed by atoms with E-state index in [4.69, 9.17) is 14.2 Å². The number of alkyl halides is 2. The second kappa shape index (κ2) is 7.48. The summed E-state index contributed by atoms with van der Waals surface area (Å²) in [5.74, 6) is -3.97. The summed E-state index contributed by atoms with van der Waals surface area (Å²) in [6, 6.07) is -0.541. The maximum atomic E-state index is 17.4. The summed E-state index contributed by atoms with van der Waals surface area (Å²) in [5.41, 5.74) is -6.42. The maximum absolute atomic E-state index is 17.4. The van der Waals surface area contributed by atoms with Gasteiger partial charge in [0.1, 0.15) is 12.8 Å². The molecule has 5 fully saturated rings. The van der Waals surface area contributed by atoms with Crippen LogP contribution in [-0.4, -0.2) is 70.9 Å². The normalized spacial score (nSPS) is 51.5. The highest BCUT2D eigenvalue weighted by Crippen LogP contribution is 2.72. The average molecular weight is 522 g/mol. The highest BCUT2D eigenvalue weighted by molar-refractivity contribution is 6.01. The number of allylic oxidation sites excluding steroid dienone is 4.